The van der Waals surface area contributed by atoms with E-state index in [9.17, 15) is 9.59 Å². The Morgan fingerprint density at radius 3 is 2.93 bits per heavy atom. The van der Waals surface area contributed by atoms with Gasteiger partial charge in [0.05, 0.1) is 12.7 Å². The molecule has 0 aliphatic rings. The molecule has 0 atom stereocenters. The summed E-state index contributed by atoms with van der Waals surface area (Å²) in [5.74, 6) is -0.934. The molecule has 6 nitrogen and oxygen atoms in total. The van der Waals surface area contributed by atoms with Crippen molar-refractivity contribution in [1.82, 2.24) is 15.1 Å². The summed E-state index contributed by atoms with van der Waals surface area (Å²) in [7, 11) is 1.78. The minimum absolute atomic E-state index is 0.157. The largest absolute Gasteiger partial charge is 0.368 e. The van der Waals surface area contributed by atoms with Crippen LogP contribution in [0.15, 0.2) is 18.5 Å². The first kappa shape index (κ1) is 11.0. The van der Waals surface area contributed by atoms with Crippen molar-refractivity contribution in [3.63, 3.8) is 0 Å². The average molecular weight is 208 g/mol. The molecule has 1 aromatic rings. The van der Waals surface area contributed by atoms with Gasteiger partial charge < -0.3 is 11.1 Å². The van der Waals surface area contributed by atoms with Crippen LogP contribution in [0.2, 0.25) is 0 Å². The first-order chi connectivity index (χ1) is 7.08. The van der Waals surface area contributed by atoms with Crippen LogP contribution in [0.25, 0.3) is 6.08 Å². The van der Waals surface area contributed by atoms with Crippen LogP contribution in [0, 0.1) is 0 Å². The zero-order valence-corrected chi connectivity index (χ0v) is 8.30. The second-order valence-electron chi connectivity index (χ2n) is 2.96. The fourth-order valence-corrected chi connectivity index (χ4v) is 0.931. The molecule has 0 saturated carbocycles. The standard InChI is InChI=1S/C9H12N4O2/c1-13-6-7(4-12-13)2-3-9(15)11-5-8(10)14/h2-4,6H,5H2,1H3,(H2,10,14)(H,11,15). The highest BCUT2D eigenvalue weighted by Gasteiger charge is 1.97. The second kappa shape index (κ2) is 4.94. The Balaban J connectivity index is 2.44. The maximum Gasteiger partial charge on any atom is 0.244 e. The molecular weight excluding hydrogens is 196 g/mol. The molecule has 1 heterocycles. The van der Waals surface area contributed by atoms with Gasteiger partial charge in [0.25, 0.3) is 0 Å². The van der Waals surface area contributed by atoms with Crippen LogP contribution in [-0.2, 0) is 16.6 Å². The predicted octanol–water partition coefficient (Wildman–Crippen LogP) is -0.965. The van der Waals surface area contributed by atoms with Crippen molar-refractivity contribution in [2.75, 3.05) is 6.54 Å². The summed E-state index contributed by atoms with van der Waals surface area (Å²) in [5, 5.41) is 6.26. The molecule has 0 saturated heterocycles. The molecule has 3 N–H and O–H groups in total. The third kappa shape index (κ3) is 4.08. The van der Waals surface area contributed by atoms with E-state index >= 15 is 0 Å². The number of rotatable bonds is 4. The van der Waals surface area contributed by atoms with E-state index < -0.39 is 5.91 Å². The van der Waals surface area contributed by atoms with Crippen LogP contribution in [0.3, 0.4) is 0 Å². The number of nitrogens with zero attached hydrogens (tertiary/aromatic N) is 2. The SMILES string of the molecule is Cn1cc(C=CC(=O)NCC(N)=O)cn1. The van der Waals surface area contributed by atoms with Gasteiger partial charge in [0.1, 0.15) is 0 Å². The van der Waals surface area contributed by atoms with Crippen LogP contribution in [0.4, 0.5) is 0 Å². The maximum absolute atomic E-state index is 11.1. The number of primary amides is 1. The highest BCUT2D eigenvalue weighted by atomic mass is 16.2. The van der Waals surface area contributed by atoms with E-state index in [1.54, 1.807) is 30.2 Å². The van der Waals surface area contributed by atoms with Gasteiger partial charge in [0.15, 0.2) is 0 Å². The lowest BCUT2D eigenvalue weighted by Crippen LogP contribution is -2.32. The van der Waals surface area contributed by atoms with Crippen LogP contribution in [0.5, 0.6) is 0 Å². The van der Waals surface area contributed by atoms with Crippen molar-refractivity contribution >= 4 is 17.9 Å². The first-order valence-electron chi connectivity index (χ1n) is 4.31. The molecule has 0 bridgehead atoms. The molecule has 0 aromatic carbocycles. The average Bonchev–Trinajstić information content (AvgIpc) is 2.58. The Labute approximate surface area is 86.8 Å². The number of carbonyl (C=O) groups is 2. The van der Waals surface area contributed by atoms with E-state index in [0.29, 0.717) is 0 Å². The van der Waals surface area contributed by atoms with Crippen molar-refractivity contribution in [3.8, 4) is 0 Å². The zero-order valence-electron chi connectivity index (χ0n) is 8.30. The molecule has 1 aromatic heterocycles. The molecule has 0 aliphatic heterocycles. The van der Waals surface area contributed by atoms with Gasteiger partial charge in [-0.25, -0.2) is 0 Å². The predicted molar refractivity (Wildman–Crippen MR) is 54.4 cm³/mol. The van der Waals surface area contributed by atoms with E-state index in [-0.39, 0.29) is 12.5 Å². The fourth-order valence-electron chi connectivity index (χ4n) is 0.931. The quantitative estimate of drug-likeness (QED) is 0.624. The second-order valence-corrected chi connectivity index (χ2v) is 2.96. The van der Waals surface area contributed by atoms with Crippen LogP contribution in [-0.4, -0.2) is 28.1 Å². The van der Waals surface area contributed by atoms with Crippen molar-refractivity contribution in [2.24, 2.45) is 12.8 Å². The van der Waals surface area contributed by atoms with Gasteiger partial charge in [-0.15, -0.1) is 0 Å². The monoisotopic (exact) mass is 208 g/mol. The van der Waals surface area contributed by atoms with E-state index in [2.05, 4.69) is 10.4 Å². The lowest BCUT2D eigenvalue weighted by Gasteiger charge is -1.95. The maximum atomic E-state index is 11.1. The van der Waals surface area contributed by atoms with Crippen molar-refractivity contribution < 1.29 is 9.59 Å². The molecule has 15 heavy (non-hydrogen) atoms. The third-order valence-corrected chi connectivity index (χ3v) is 1.59. The minimum atomic E-state index is -0.571. The van der Waals surface area contributed by atoms with Gasteiger partial charge in [-0.1, -0.05) is 0 Å². The van der Waals surface area contributed by atoms with Crippen molar-refractivity contribution in [2.45, 2.75) is 0 Å². The van der Waals surface area contributed by atoms with E-state index in [1.165, 1.54) is 6.08 Å². The van der Waals surface area contributed by atoms with E-state index in [4.69, 9.17) is 5.73 Å². The minimum Gasteiger partial charge on any atom is -0.368 e. The molecule has 0 aliphatic carbocycles. The van der Waals surface area contributed by atoms with Gasteiger partial charge in [0, 0.05) is 24.9 Å². The summed E-state index contributed by atoms with van der Waals surface area (Å²) in [5.41, 5.74) is 5.67. The Hall–Kier alpha value is -2.11. The molecule has 6 heteroatoms. The van der Waals surface area contributed by atoms with Gasteiger partial charge >= 0.3 is 0 Å². The van der Waals surface area contributed by atoms with Gasteiger partial charge in [0.2, 0.25) is 11.8 Å². The summed E-state index contributed by atoms with van der Waals surface area (Å²) in [4.78, 5) is 21.4. The number of carbonyl (C=O) groups excluding carboxylic acids is 2. The summed E-state index contributed by atoms with van der Waals surface area (Å²) in [6.45, 7) is -0.157. The Kier molecular flexibility index (Phi) is 3.61. The normalized spacial score (nSPS) is 10.5. The molecule has 0 fully saturated rings. The molecule has 0 unspecified atom stereocenters. The van der Waals surface area contributed by atoms with Crippen LogP contribution in [0.1, 0.15) is 5.56 Å². The lowest BCUT2D eigenvalue weighted by atomic mass is 10.3. The summed E-state index contributed by atoms with van der Waals surface area (Å²) in [6, 6.07) is 0. The van der Waals surface area contributed by atoms with E-state index in [1.807, 2.05) is 0 Å². The third-order valence-electron chi connectivity index (χ3n) is 1.59. The number of hydrogen-bond acceptors (Lipinski definition) is 3. The summed E-state index contributed by atoms with van der Waals surface area (Å²) >= 11 is 0. The van der Waals surface area contributed by atoms with Crippen LogP contribution >= 0.6 is 0 Å². The van der Waals surface area contributed by atoms with Gasteiger partial charge in [-0.3, -0.25) is 14.3 Å². The lowest BCUT2D eigenvalue weighted by molar-refractivity contribution is -0.122. The Morgan fingerprint density at radius 2 is 2.40 bits per heavy atom. The molecule has 1 rings (SSSR count). The summed E-state index contributed by atoms with van der Waals surface area (Å²) < 4.78 is 1.63. The zero-order chi connectivity index (χ0) is 11.3. The fraction of sp³-hybridized carbons (Fsp3) is 0.222. The number of aryl methyl sites for hydroxylation is 1. The molecule has 0 spiro atoms. The number of nitrogens with two attached hydrogens (primary N) is 1. The smallest absolute Gasteiger partial charge is 0.244 e. The molecular formula is C9H12N4O2. The topological polar surface area (TPSA) is 90.0 Å². The number of amides is 2. The molecule has 80 valence electrons. The first-order valence-corrected chi connectivity index (χ1v) is 4.31. The number of aromatic nitrogens is 2. The van der Waals surface area contributed by atoms with Crippen molar-refractivity contribution in [1.29, 1.82) is 0 Å². The summed E-state index contributed by atoms with van der Waals surface area (Å²) in [6.07, 6.45) is 6.30. The van der Waals surface area contributed by atoms with Crippen molar-refractivity contribution in [3.05, 3.63) is 24.0 Å². The van der Waals surface area contributed by atoms with Crippen LogP contribution < -0.4 is 11.1 Å². The molecule has 2 amide bonds. The highest BCUT2D eigenvalue weighted by Crippen LogP contribution is 1.98. The van der Waals surface area contributed by atoms with E-state index in [0.717, 1.165) is 5.56 Å². The Morgan fingerprint density at radius 1 is 1.67 bits per heavy atom. The molecule has 0 radical (unpaired) electrons. The Bertz CT molecular complexity index is 395. The number of hydrogen-bond donors (Lipinski definition) is 2. The van der Waals surface area contributed by atoms with Gasteiger partial charge in [-0.05, 0) is 6.08 Å². The highest BCUT2D eigenvalue weighted by molar-refractivity contribution is 5.93. The number of nitrogens with one attached hydrogen (secondary N) is 1. The van der Waals surface area contributed by atoms with Gasteiger partial charge in [-0.2, -0.15) is 5.10 Å².